The Kier molecular flexibility index (Phi) is 2.24. The lowest BCUT2D eigenvalue weighted by Crippen LogP contribution is -2.05. The van der Waals surface area contributed by atoms with Gasteiger partial charge in [0.2, 0.25) is 0 Å². The van der Waals surface area contributed by atoms with Crippen molar-refractivity contribution < 1.29 is 4.74 Å². The van der Waals surface area contributed by atoms with Crippen LogP contribution in [0.3, 0.4) is 0 Å². The van der Waals surface area contributed by atoms with Gasteiger partial charge in [-0.15, -0.1) is 0 Å². The van der Waals surface area contributed by atoms with Crippen LogP contribution in [0.2, 0.25) is 0 Å². The minimum atomic E-state index is 0.600. The van der Waals surface area contributed by atoms with Crippen LogP contribution in [0.25, 0.3) is 0 Å². The van der Waals surface area contributed by atoms with Crippen LogP contribution in [0.1, 0.15) is 16.7 Å². The van der Waals surface area contributed by atoms with Crippen molar-refractivity contribution in [1.82, 2.24) is 0 Å². The molecule has 2 aromatic carbocycles. The van der Waals surface area contributed by atoms with Gasteiger partial charge in [0, 0.05) is 6.07 Å². The molecule has 3 rings (SSSR count). The normalized spacial score (nSPS) is 11.6. The molecule has 1 aliphatic rings. The summed E-state index contributed by atoms with van der Waals surface area (Å²) in [6.45, 7) is 4.09. The van der Waals surface area contributed by atoms with E-state index in [4.69, 9.17) is 10.00 Å². The zero-order valence-electron chi connectivity index (χ0n) is 10.2. The molecule has 1 aliphatic heterocycles. The van der Waals surface area contributed by atoms with Gasteiger partial charge in [0.1, 0.15) is 0 Å². The molecule has 0 aliphatic carbocycles. The van der Waals surface area contributed by atoms with Crippen LogP contribution in [0.15, 0.2) is 30.3 Å². The van der Waals surface area contributed by atoms with E-state index in [0.29, 0.717) is 11.3 Å². The average molecular weight is 236 g/mol. The monoisotopic (exact) mass is 236 g/mol. The van der Waals surface area contributed by atoms with Crippen molar-refractivity contribution in [2.45, 2.75) is 13.8 Å². The average Bonchev–Trinajstić information content (AvgIpc) is 2.36. The van der Waals surface area contributed by atoms with Crippen molar-refractivity contribution in [2.75, 3.05) is 5.32 Å². The quantitative estimate of drug-likeness (QED) is 0.641. The summed E-state index contributed by atoms with van der Waals surface area (Å²) in [6.07, 6.45) is 0. The lowest BCUT2D eigenvalue weighted by Gasteiger charge is -2.23. The van der Waals surface area contributed by atoms with Crippen molar-refractivity contribution in [1.29, 1.82) is 5.26 Å². The number of rotatable bonds is 0. The fraction of sp³-hybridized carbons (Fsp3) is 0.133. The van der Waals surface area contributed by atoms with Crippen LogP contribution in [0, 0.1) is 25.2 Å². The minimum Gasteiger partial charge on any atom is -0.453 e. The van der Waals surface area contributed by atoms with Crippen LogP contribution in [0.4, 0.5) is 11.4 Å². The van der Waals surface area contributed by atoms with E-state index in [1.54, 1.807) is 12.1 Å². The molecule has 0 atom stereocenters. The molecule has 0 aromatic heterocycles. The van der Waals surface area contributed by atoms with E-state index in [2.05, 4.69) is 24.4 Å². The first-order chi connectivity index (χ1) is 8.67. The van der Waals surface area contributed by atoms with Gasteiger partial charge in [0.15, 0.2) is 11.5 Å². The Morgan fingerprint density at radius 3 is 2.72 bits per heavy atom. The van der Waals surface area contributed by atoms with Gasteiger partial charge in [-0.3, -0.25) is 0 Å². The molecule has 0 spiro atoms. The topological polar surface area (TPSA) is 45.0 Å². The zero-order valence-corrected chi connectivity index (χ0v) is 10.2. The number of fused-ring (bicyclic) bond motifs is 2. The van der Waals surface area contributed by atoms with Crippen LogP contribution in [-0.2, 0) is 0 Å². The molecular weight excluding hydrogens is 224 g/mol. The van der Waals surface area contributed by atoms with E-state index < -0.39 is 0 Å². The van der Waals surface area contributed by atoms with Crippen molar-refractivity contribution >= 4 is 11.4 Å². The fourth-order valence-electron chi connectivity index (χ4n) is 2.20. The third-order valence-electron chi connectivity index (χ3n) is 3.03. The highest BCUT2D eigenvalue weighted by atomic mass is 16.5. The van der Waals surface area contributed by atoms with Crippen LogP contribution in [0.5, 0.6) is 11.5 Å². The summed E-state index contributed by atoms with van der Waals surface area (Å²) in [5, 5.41) is 12.2. The summed E-state index contributed by atoms with van der Waals surface area (Å²) in [7, 11) is 0. The summed E-state index contributed by atoms with van der Waals surface area (Å²) in [6, 6.07) is 11.6. The Morgan fingerprint density at radius 2 is 1.94 bits per heavy atom. The zero-order chi connectivity index (χ0) is 12.7. The molecule has 0 unspecified atom stereocenters. The number of anilines is 2. The number of benzene rings is 2. The second-order valence-corrected chi connectivity index (χ2v) is 4.50. The molecule has 0 saturated carbocycles. The molecule has 1 N–H and O–H groups in total. The van der Waals surface area contributed by atoms with Gasteiger partial charge in [-0.1, -0.05) is 6.07 Å². The maximum absolute atomic E-state index is 8.90. The number of nitrogens with zero attached hydrogens (tertiary/aromatic N) is 1. The lowest BCUT2D eigenvalue weighted by molar-refractivity contribution is 0.480. The lowest BCUT2D eigenvalue weighted by atomic mass is 10.1. The van der Waals surface area contributed by atoms with Crippen LogP contribution >= 0.6 is 0 Å². The molecule has 3 nitrogen and oxygen atoms in total. The van der Waals surface area contributed by atoms with Gasteiger partial charge in [0.05, 0.1) is 23.0 Å². The fourth-order valence-corrected chi connectivity index (χ4v) is 2.20. The Hall–Kier alpha value is -2.47. The van der Waals surface area contributed by atoms with E-state index in [1.807, 2.05) is 19.1 Å². The molecule has 0 amide bonds. The first kappa shape index (κ1) is 10.7. The number of nitrogens with one attached hydrogen (secondary N) is 1. The van der Waals surface area contributed by atoms with Gasteiger partial charge in [-0.25, -0.2) is 0 Å². The van der Waals surface area contributed by atoms with Crippen molar-refractivity contribution in [3.8, 4) is 17.6 Å². The second-order valence-electron chi connectivity index (χ2n) is 4.50. The molecule has 3 heteroatoms. The SMILES string of the molecule is Cc1cc(C)c2c(c1)Oc1cc(C#N)ccc1N2. The van der Waals surface area contributed by atoms with Gasteiger partial charge in [0.25, 0.3) is 0 Å². The number of nitriles is 1. The summed E-state index contributed by atoms with van der Waals surface area (Å²) in [5.74, 6) is 1.52. The van der Waals surface area contributed by atoms with E-state index >= 15 is 0 Å². The van der Waals surface area contributed by atoms with Gasteiger partial charge >= 0.3 is 0 Å². The molecule has 18 heavy (non-hydrogen) atoms. The molecule has 0 saturated heterocycles. The van der Waals surface area contributed by atoms with Gasteiger partial charge in [-0.05, 0) is 43.2 Å². The third-order valence-corrected chi connectivity index (χ3v) is 3.03. The summed E-state index contributed by atoms with van der Waals surface area (Å²) in [4.78, 5) is 0. The standard InChI is InChI=1S/C15H12N2O/c1-9-5-10(2)15-14(6-9)18-13-7-11(8-16)3-4-12(13)17-15/h3-7,17H,1-2H3. The first-order valence-corrected chi connectivity index (χ1v) is 5.77. The van der Waals surface area contributed by atoms with Gasteiger partial charge in [-0.2, -0.15) is 5.26 Å². The van der Waals surface area contributed by atoms with E-state index in [0.717, 1.165) is 28.3 Å². The van der Waals surface area contributed by atoms with Gasteiger partial charge < -0.3 is 10.1 Å². The Bertz CT molecular complexity index is 684. The van der Waals surface area contributed by atoms with E-state index in [-0.39, 0.29) is 0 Å². The van der Waals surface area contributed by atoms with Crippen molar-refractivity contribution in [3.05, 3.63) is 47.0 Å². The predicted molar refractivity (Wildman–Crippen MR) is 70.4 cm³/mol. The maximum atomic E-state index is 8.90. The smallest absolute Gasteiger partial charge is 0.152 e. The number of ether oxygens (including phenoxy) is 1. The van der Waals surface area contributed by atoms with Crippen molar-refractivity contribution in [2.24, 2.45) is 0 Å². The Labute approximate surface area is 106 Å². The van der Waals surface area contributed by atoms with Crippen LogP contribution in [-0.4, -0.2) is 0 Å². The summed E-state index contributed by atoms with van der Waals surface area (Å²) >= 11 is 0. The highest BCUT2D eigenvalue weighted by Crippen LogP contribution is 2.44. The molecule has 2 aromatic rings. The predicted octanol–water partition coefficient (Wildman–Crippen LogP) is 4.02. The molecule has 0 radical (unpaired) electrons. The molecule has 88 valence electrons. The first-order valence-electron chi connectivity index (χ1n) is 5.77. The minimum absolute atomic E-state index is 0.600. The second kappa shape index (κ2) is 3.78. The summed E-state index contributed by atoms with van der Waals surface area (Å²) in [5.41, 5.74) is 4.81. The highest BCUT2D eigenvalue weighted by Gasteiger charge is 2.18. The Balaban J connectivity index is 2.12. The Morgan fingerprint density at radius 1 is 1.11 bits per heavy atom. The van der Waals surface area contributed by atoms with Crippen LogP contribution < -0.4 is 10.1 Å². The molecule has 1 heterocycles. The highest BCUT2D eigenvalue weighted by molar-refractivity contribution is 5.78. The number of hydrogen-bond donors (Lipinski definition) is 1. The largest absolute Gasteiger partial charge is 0.453 e. The molecule has 0 fully saturated rings. The maximum Gasteiger partial charge on any atom is 0.152 e. The molecular formula is C15H12N2O. The summed E-state index contributed by atoms with van der Waals surface area (Å²) < 4.78 is 5.87. The molecule has 0 bridgehead atoms. The number of hydrogen-bond acceptors (Lipinski definition) is 3. The number of aryl methyl sites for hydroxylation is 2. The third kappa shape index (κ3) is 1.59. The van der Waals surface area contributed by atoms with Crippen molar-refractivity contribution in [3.63, 3.8) is 0 Å². The van der Waals surface area contributed by atoms with E-state index in [1.165, 1.54) is 0 Å². The van der Waals surface area contributed by atoms with E-state index in [9.17, 15) is 0 Å².